The summed E-state index contributed by atoms with van der Waals surface area (Å²) < 4.78 is 67.0. The summed E-state index contributed by atoms with van der Waals surface area (Å²) in [5.74, 6) is -5.39. The Morgan fingerprint density at radius 3 is 2.43 bits per heavy atom. The van der Waals surface area contributed by atoms with Gasteiger partial charge in [-0.1, -0.05) is 18.6 Å². The molecule has 0 bridgehead atoms. The highest BCUT2D eigenvalue weighted by Gasteiger charge is 2.56. The monoisotopic (exact) mass is 409 g/mol. The first kappa shape index (κ1) is 22.4. The van der Waals surface area contributed by atoms with Gasteiger partial charge in [0.1, 0.15) is 5.75 Å². The second-order valence-corrected chi connectivity index (χ2v) is 7.08. The minimum Gasteiger partial charge on any atom is -0.494 e. The summed E-state index contributed by atoms with van der Waals surface area (Å²) in [5.41, 5.74) is 0.938. The SMILES string of the molecule is O=C(O)C1CCCC(NCc2ccc(OCCCC(F)(F)C(F)(F)F)cc2)C1. The van der Waals surface area contributed by atoms with Crippen LogP contribution >= 0.6 is 0 Å². The molecule has 28 heavy (non-hydrogen) atoms. The van der Waals surface area contributed by atoms with Crippen molar-refractivity contribution >= 4 is 5.97 Å². The summed E-state index contributed by atoms with van der Waals surface area (Å²) in [5, 5.41) is 12.4. The third kappa shape index (κ3) is 6.61. The van der Waals surface area contributed by atoms with E-state index in [1.54, 1.807) is 24.3 Å². The lowest BCUT2D eigenvalue weighted by atomic mass is 9.86. The van der Waals surface area contributed by atoms with Crippen molar-refractivity contribution in [3.05, 3.63) is 29.8 Å². The van der Waals surface area contributed by atoms with Crippen molar-refractivity contribution in [2.75, 3.05) is 6.61 Å². The predicted molar refractivity (Wildman–Crippen MR) is 92.4 cm³/mol. The van der Waals surface area contributed by atoms with Gasteiger partial charge in [0.15, 0.2) is 0 Å². The minimum absolute atomic E-state index is 0.140. The lowest BCUT2D eigenvalue weighted by Gasteiger charge is -2.27. The van der Waals surface area contributed by atoms with E-state index in [0.29, 0.717) is 25.1 Å². The van der Waals surface area contributed by atoms with Gasteiger partial charge in [0.2, 0.25) is 0 Å². The number of ether oxygens (including phenoxy) is 1. The van der Waals surface area contributed by atoms with Crippen molar-refractivity contribution in [2.45, 2.75) is 63.2 Å². The van der Waals surface area contributed by atoms with E-state index in [-0.39, 0.29) is 18.6 Å². The van der Waals surface area contributed by atoms with E-state index in [4.69, 9.17) is 9.84 Å². The quantitative estimate of drug-likeness (QED) is 0.455. The van der Waals surface area contributed by atoms with Gasteiger partial charge in [-0.05, 0) is 43.4 Å². The van der Waals surface area contributed by atoms with Crippen LogP contribution in [-0.4, -0.2) is 35.8 Å². The number of carboxylic acid groups (broad SMARTS) is 1. The Morgan fingerprint density at radius 1 is 1.14 bits per heavy atom. The van der Waals surface area contributed by atoms with E-state index >= 15 is 0 Å². The molecule has 2 N–H and O–H groups in total. The van der Waals surface area contributed by atoms with Gasteiger partial charge < -0.3 is 15.2 Å². The molecule has 0 spiro atoms. The molecule has 0 saturated heterocycles. The Bertz CT molecular complexity index is 633. The zero-order chi connectivity index (χ0) is 20.8. The molecule has 2 unspecified atom stereocenters. The average molecular weight is 409 g/mol. The van der Waals surface area contributed by atoms with Crippen LogP contribution in [0.2, 0.25) is 0 Å². The first-order valence-corrected chi connectivity index (χ1v) is 9.21. The molecular formula is C19H24F5NO3. The number of halogens is 5. The number of aliphatic carboxylic acids is 1. The van der Waals surface area contributed by atoms with Gasteiger partial charge in [0.05, 0.1) is 12.5 Å². The standard InChI is InChI=1S/C19H24F5NO3/c20-18(21,19(22,23)24)9-2-10-28-16-7-5-13(6-8-16)12-25-15-4-1-3-14(11-15)17(26)27/h5-8,14-15,25H,1-4,9-12H2,(H,26,27). The summed E-state index contributed by atoms with van der Waals surface area (Å²) in [4.78, 5) is 11.1. The highest BCUT2D eigenvalue weighted by molar-refractivity contribution is 5.70. The van der Waals surface area contributed by atoms with Gasteiger partial charge >= 0.3 is 18.1 Å². The van der Waals surface area contributed by atoms with Crippen LogP contribution in [0.1, 0.15) is 44.1 Å². The fourth-order valence-corrected chi connectivity index (χ4v) is 3.19. The average Bonchev–Trinajstić information content (AvgIpc) is 2.64. The highest BCUT2D eigenvalue weighted by Crippen LogP contribution is 2.38. The number of nitrogens with one attached hydrogen (secondary N) is 1. The van der Waals surface area contributed by atoms with Gasteiger partial charge in [-0.3, -0.25) is 4.79 Å². The summed E-state index contributed by atoms with van der Waals surface area (Å²) in [7, 11) is 0. The van der Waals surface area contributed by atoms with Gasteiger partial charge in [-0.25, -0.2) is 0 Å². The molecule has 9 heteroatoms. The number of hydrogen-bond acceptors (Lipinski definition) is 3. The number of carboxylic acids is 1. The van der Waals surface area contributed by atoms with Crippen LogP contribution in [0.3, 0.4) is 0 Å². The van der Waals surface area contributed by atoms with Crippen molar-refractivity contribution in [1.82, 2.24) is 5.32 Å². The molecule has 158 valence electrons. The molecule has 2 rings (SSSR count). The molecule has 1 aromatic carbocycles. The Morgan fingerprint density at radius 2 is 1.82 bits per heavy atom. The molecule has 0 amide bonds. The summed E-state index contributed by atoms with van der Waals surface area (Å²) in [6.07, 6.45) is -4.17. The second-order valence-electron chi connectivity index (χ2n) is 7.08. The van der Waals surface area contributed by atoms with E-state index in [2.05, 4.69) is 5.32 Å². The zero-order valence-corrected chi connectivity index (χ0v) is 15.3. The maximum Gasteiger partial charge on any atom is 0.453 e. The molecule has 1 aromatic rings. The third-order valence-corrected chi connectivity index (χ3v) is 4.86. The molecule has 1 aliphatic rings. The third-order valence-electron chi connectivity index (χ3n) is 4.86. The smallest absolute Gasteiger partial charge is 0.453 e. The predicted octanol–water partition coefficient (Wildman–Crippen LogP) is 4.78. The minimum atomic E-state index is -5.54. The van der Waals surface area contributed by atoms with E-state index in [0.717, 1.165) is 18.4 Å². The van der Waals surface area contributed by atoms with Crippen LogP contribution in [0.5, 0.6) is 5.75 Å². The lowest BCUT2D eigenvalue weighted by molar-refractivity contribution is -0.284. The van der Waals surface area contributed by atoms with Crippen molar-refractivity contribution in [2.24, 2.45) is 5.92 Å². The van der Waals surface area contributed by atoms with Crippen LogP contribution < -0.4 is 10.1 Å². The van der Waals surface area contributed by atoms with Gasteiger partial charge in [-0.15, -0.1) is 0 Å². The second kappa shape index (κ2) is 9.54. The summed E-state index contributed by atoms with van der Waals surface area (Å²) in [6, 6.07) is 6.93. The van der Waals surface area contributed by atoms with Crippen LogP contribution in [0, 0.1) is 5.92 Å². The number of carbonyl (C=O) groups is 1. The van der Waals surface area contributed by atoms with Gasteiger partial charge in [0, 0.05) is 19.0 Å². The Labute approximate surface area is 160 Å². The van der Waals surface area contributed by atoms with E-state index in [9.17, 15) is 26.7 Å². The molecule has 1 saturated carbocycles. The molecule has 1 aliphatic carbocycles. The first-order chi connectivity index (χ1) is 13.1. The number of alkyl halides is 5. The van der Waals surface area contributed by atoms with Crippen molar-refractivity contribution < 1.29 is 36.6 Å². The molecule has 0 aromatic heterocycles. The first-order valence-electron chi connectivity index (χ1n) is 9.21. The van der Waals surface area contributed by atoms with E-state index in [1.165, 1.54) is 0 Å². The lowest BCUT2D eigenvalue weighted by Crippen LogP contribution is -2.36. The summed E-state index contributed by atoms with van der Waals surface area (Å²) >= 11 is 0. The molecule has 1 fully saturated rings. The molecular weight excluding hydrogens is 385 g/mol. The number of rotatable bonds is 9. The fourth-order valence-electron chi connectivity index (χ4n) is 3.19. The Kier molecular flexibility index (Phi) is 7.63. The van der Waals surface area contributed by atoms with Crippen molar-refractivity contribution in [3.8, 4) is 5.75 Å². The maximum absolute atomic E-state index is 12.8. The molecule has 0 heterocycles. The fraction of sp³-hybridized carbons (Fsp3) is 0.632. The molecule has 2 atom stereocenters. The van der Waals surface area contributed by atoms with Gasteiger partial charge in [0.25, 0.3) is 0 Å². The van der Waals surface area contributed by atoms with Crippen molar-refractivity contribution in [1.29, 1.82) is 0 Å². The zero-order valence-electron chi connectivity index (χ0n) is 15.3. The normalized spacial score (nSPS) is 20.8. The molecule has 4 nitrogen and oxygen atoms in total. The topological polar surface area (TPSA) is 58.6 Å². The Balaban J connectivity index is 1.71. The molecule has 0 radical (unpaired) electrons. The van der Waals surface area contributed by atoms with Crippen LogP contribution in [0.15, 0.2) is 24.3 Å². The molecule has 0 aliphatic heterocycles. The van der Waals surface area contributed by atoms with E-state index < -0.39 is 30.9 Å². The maximum atomic E-state index is 12.8. The summed E-state index contributed by atoms with van der Waals surface area (Å²) in [6.45, 7) is 0.316. The largest absolute Gasteiger partial charge is 0.494 e. The Hall–Kier alpha value is -1.90. The number of hydrogen-bond donors (Lipinski definition) is 2. The van der Waals surface area contributed by atoms with Gasteiger partial charge in [-0.2, -0.15) is 22.0 Å². The van der Waals surface area contributed by atoms with Crippen molar-refractivity contribution in [3.63, 3.8) is 0 Å². The van der Waals surface area contributed by atoms with E-state index in [1.807, 2.05) is 0 Å². The van der Waals surface area contributed by atoms with Crippen LogP contribution in [0.25, 0.3) is 0 Å². The number of benzene rings is 1. The van der Waals surface area contributed by atoms with Crippen LogP contribution in [-0.2, 0) is 11.3 Å². The highest BCUT2D eigenvalue weighted by atomic mass is 19.4. The van der Waals surface area contributed by atoms with Crippen LogP contribution in [0.4, 0.5) is 22.0 Å².